The number of aromatic nitrogens is 2. The lowest BCUT2D eigenvalue weighted by Crippen LogP contribution is -2.64. The van der Waals surface area contributed by atoms with Gasteiger partial charge in [0.2, 0.25) is 11.8 Å². The van der Waals surface area contributed by atoms with Crippen molar-refractivity contribution in [1.82, 2.24) is 25.1 Å². The van der Waals surface area contributed by atoms with E-state index in [0.29, 0.717) is 59.1 Å². The van der Waals surface area contributed by atoms with Gasteiger partial charge in [0.15, 0.2) is 0 Å². The average molecular weight is 766 g/mol. The number of hydrogen-bond acceptors (Lipinski definition) is 11. The molecule has 3 aromatic rings. The number of thioether (sulfide) groups is 1. The molecule has 15 heteroatoms. The van der Waals surface area contributed by atoms with Crippen LogP contribution in [0.25, 0.3) is 10.9 Å². The summed E-state index contributed by atoms with van der Waals surface area (Å²) in [6.45, 7) is 7.91. The van der Waals surface area contributed by atoms with Gasteiger partial charge in [-0.15, -0.1) is 0 Å². The van der Waals surface area contributed by atoms with Crippen LogP contribution in [0.3, 0.4) is 0 Å². The van der Waals surface area contributed by atoms with Crippen LogP contribution in [0.4, 0.5) is 20.2 Å². The topological polar surface area (TPSA) is 132 Å². The molecule has 8 rings (SSSR count). The minimum atomic E-state index is -0.619. The van der Waals surface area contributed by atoms with E-state index in [9.17, 15) is 14.4 Å². The standard InChI is InChI=1S/C39H49F2N7O5S/c40-30-17-26(1-2-32(30)42-33-3-4-36(49)45-38(33)50)46-13-7-25(8-14-46)48-20-27(21-48)47-11-5-24(6-12-47)22-53-28-18-31(41)37-34(19-28)43-35(44-39(37)51)23-54-29-9-15-52-16-10-29/h1-2,17-19,24-25,27,29,33,42H,3-16,20-23H2,(H,43,44,51)(H,45,49,50). The fraction of sp³-hybridized carbons (Fsp3) is 0.590. The van der Waals surface area contributed by atoms with Gasteiger partial charge in [0.05, 0.1) is 23.6 Å². The van der Waals surface area contributed by atoms with Gasteiger partial charge in [0, 0.05) is 81.0 Å². The van der Waals surface area contributed by atoms with E-state index < -0.39 is 29.1 Å². The van der Waals surface area contributed by atoms with E-state index in [-0.39, 0.29) is 23.4 Å². The van der Waals surface area contributed by atoms with Crippen LogP contribution in [-0.4, -0.2) is 114 Å². The van der Waals surface area contributed by atoms with Crippen molar-refractivity contribution in [2.45, 2.75) is 80.5 Å². The molecule has 0 bridgehead atoms. The highest BCUT2D eigenvalue weighted by Gasteiger charge is 2.38. The van der Waals surface area contributed by atoms with E-state index >= 15 is 8.78 Å². The normalized spacial score (nSPS) is 23.1. The van der Waals surface area contributed by atoms with Crippen LogP contribution in [0.5, 0.6) is 5.75 Å². The summed E-state index contributed by atoms with van der Waals surface area (Å²) in [5.41, 5.74) is 0.986. The van der Waals surface area contributed by atoms with Crippen molar-refractivity contribution in [3.05, 3.63) is 58.1 Å². The number of piperidine rings is 3. The molecular weight excluding hydrogens is 717 g/mol. The SMILES string of the molecule is O=C1CCC(Nc2ccc(N3CCC(N4CC(N5CCC(COc6cc(F)c7c(=O)[nH]c(CSC8CCOCC8)nc7c6)CC5)C4)CC3)cc2F)C(=O)N1. The van der Waals surface area contributed by atoms with E-state index in [2.05, 4.69) is 35.3 Å². The van der Waals surface area contributed by atoms with Crippen molar-refractivity contribution >= 4 is 45.9 Å². The van der Waals surface area contributed by atoms with E-state index in [4.69, 9.17) is 9.47 Å². The number of carbonyl (C=O) groups excluding carboxylic acids is 2. The largest absolute Gasteiger partial charge is 0.493 e. The molecule has 5 aliphatic heterocycles. The number of benzene rings is 2. The molecule has 2 aromatic carbocycles. The Labute approximate surface area is 317 Å². The number of carbonyl (C=O) groups is 2. The van der Waals surface area contributed by atoms with Crippen molar-refractivity contribution in [1.29, 1.82) is 0 Å². The van der Waals surface area contributed by atoms with E-state index in [1.54, 1.807) is 23.9 Å². The number of nitrogens with one attached hydrogen (secondary N) is 3. The number of anilines is 2. The second-order valence-corrected chi connectivity index (χ2v) is 16.7. The highest BCUT2D eigenvalue weighted by atomic mass is 32.2. The van der Waals surface area contributed by atoms with Crippen molar-refractivity contribution in [2.24, 2.45) is 5.92 Å². The molecule has 1 atom stereocenters. The molecule has 0 radical (unpaired) electrons. The highest BCUT2D eigenvalue weighted by molar-refractivity contribution is 7.99. The number of rotatable bonds is 11. The third-order valence-corrected chi connectivity index (χ3v) is 13.2. The van der Waals surface area contributed by atoms with Crippen LogP contribution in [-0.2, 0) is 20.1 Å². The quantitative estimate of drug-likeness (QED) is 0.242. The van der Waals surface area contributed by atoms with Crippen LogP contribution in [0.15, 0.2) is 35.1 Å². The van der Waals surface area contributed by atoms with Gasteiger partial charge in [0.25, 0.3) is 5.56 Å². The summed E-state index contributed by atoms with van der Waals surface area (Å²) in [5, 5.41) is 5.69. The van der Waals surface area contributed by atoms with Crippen LogP contribution in [0.2, 0.25) is 0 Å². The first-order chi connectivity index (χ1) is 26.3. The minimum absolute atomic E-state index is 0.0289. The van der Waals surface area contributed by atoms with Gasteiger partial charge in [-0.2, -0.15) is 11.8 Å². The third-order valence-electron chi connectivity index (χ3n) is 11.8. The molecular formula is C39H49F2N7O5S. The molecule has 290 valence electrons. The number of halogens is 2. The lowest BCUT2D eigenvalue weighted by Gasteiger charge is -2.52. The van der Waals surface area contributed by atoms with Gasteiger partial charge in [-0.25, -0.2) is 13.8 Å². The molecule has 3 N–H and O–H groups in total. The highest BCUT2D eigenvalue weighted by Crippen LogP contribution is 2.32. The summed E-state index contributed by atoms with van der Waals surface area (Å²) in [6, 6.07) is 8.57. The number of nitrogens with zero attached hydrogens (tertiary/aromatic N) is 4. The lowest BCUT2D eigenvalue weighted by molar-refractivity contribution is -0.133. The molecule has 5 fully saturated rings. The number of ether oxygens (including phenoxy) is 2. The zero-order chi connectivity index (χ0) is 37.2. The summed E-state index contributed by atoms with van der Waals surface area (Å²) >= 11 is 1.75. The lowest BCUT2D eigenvalue weighted by atomic mass is 9.92. The molecule has 0 aliphatic carbocycles. The molecule has 12 nitrogen and oxygen atoms in total. The molecule has 1 aromatic heterocycles. The number of hydrogen-bond donors (Lipinski definition) is 3. The van der Waals surface area contributed by atoms with Gasteiger partial charge in [-0.05, 0) is 82.2 Å². The molecule has 54 heavy (non-hydrogen) atoms. The zero-order valence-corrected chi connectivity index (χ0v) is 31.3. The minimum Gasteiger partial charge on any atom is -0.493 e. The predicted octanol–water partition coefficient (Wildman–Crippen LogP) is 4.27. The second-order valence-electron chi connectivity index (χ2n) is 15.4. The van der Waals surface area contributed by atoms with E-state index in [0.717, 1.165) is 96.7 Å². The van der Waals surface area contributed by atoms with Crippen LogP contribution in [0.1, 0.15) is 57.2 Å². The van der Waals surface area contributed by atoms with Crippen LogP contribution < -0.4 is 25.8 Å². The smallest absolute Gasteiger partial charge is 0.261 e. The number of likely N-dealkylation sites (tertiary alicyclic amines) is 2. The molecule has 1 unspecified atom stereocenters. The second kappa shape index (κ2) is 16.5. The molecule has 0 saturated carbocycles. The molecule has 2 amide bonds. The summed E-state index contributed by atoms with van der Waals surface area (Å²) in [4.78, 5) is 51.0. The van der Waals surface area contributed by atoms with Gasteiger partial charge >= 0.3 is 0 Å². The Balaban J connectivity index is 0.755. The molecule has 0 spiro atoms. The number of amides is 2. The van der Waals surface area contributed by atoms with Gasteiger partial charge in [-0.3, -0.25) is 29.5 Å². The maximum absolute atomic E-state index is 15.0. The zero-order valence-electron chi connectivity index (χ0n) is 30.5. The summed E-state index contributed by atoms with van der Waals surface area (Å²) in [7, 11) is 0. The third kappa shape index (κ3) is 8.53. The van der Waals surface area contributed by atoms with Gasteiger partial charge < -0.3 is 24.7 Å². The summed E-state index contributed by atoms with van der Waals surface area (Å²) < 4.78 is 41.6. The van der Waals surface area contributed by atoms with Crippen LogP contribution >= 0.6 is 11.8 Å². The Morgan fingerprint density at radius 3 is 2.41 bits per heavy atom. The van der Waals surface area contributed by atoms with E-state index in [1.165, 1.54) is 12.1 Å². The van der Waals surface area contributed by atoms with E-state index in [1.807, 2.05) is 6.07 Å². The number of H-pyrrole nitrogens is 1. The Morgan fingerprint density at radius 2 is 1.67 bits per heavy atom. The van der Waals surface area contributed by atoms with Crippen LogP contribution in [0, 0.1) is 17.6 Å². The maximum Gasteiger partial charge on any atom is 0.261 e. The average Bonchev–Trinajstić information content (AvgIpc) is 3.15. The Morgan fingerprint density at radius 1 is 0.889 bits per heavy atom. The van der Waals surface area contributed by atoms with Crippen molar-refractivity contribution < 1.29 is 27.8 Å². The number of aromatic amines is 1. The first kappa shape index (κ1) is 37.1. The maximum atomic E-state index is 15.0. The molecule has 5 saturated heterocycles. The number of imide groups is 1. The Kier molecular flexibility index (Phi) is 11.4. The molecule has 6 heterocycles. The first-order valence-electron chi connectivity index (χ1n) is 19.4. The fourth-order valence-corrected chi connectivity index (χ4v) is 9.54. The fourth-order valence-electron chi connectivity index (χ4n) is 8.48. The summed E-state index contributed by atoms with van der Waals surface area (Å²) in [6.07, 6.45) is 6.65. The first-order valence-corrected chi connectivity index (χ1v) is 20.5. The predicted molar refractivity (Wildman–Crippen MR) is 204 cm³/mol. The van der Waals surface area contributed by atoms with Gasteiger partial charge in [0.1, 0.15) is 34.6 Å². The Hall–Kier alpha value is -3.79. The Bertz CT molecular complexity index is 1890. The van der Waals surface area contributed by atoms with Crippen molar-refractivity contribution in [2.75, 3.05) is 69.3 Å². The molecule has 5 aliphatic rings. The monoisotopic (exact) mass is 765 g/mol. The van der Waals surface area contributed by atoms with Crippen molar-refractivity contribution in [3.63, 3.8) is 0 Å². The van der Waals surface area contributed by atoms with Gasteiger partial charge in [-0.1, -0.05) is 0 Å². The van der Waals surface area contributed by atoms with Crippen molar-refractivity contribution in [3.8, 4) is 5.75 Å². The number of fused-ring (bicyclic) bond motifs is 1. The summed E-state index contributed by atoms with van der Waals surface area (Å²) in [5.74, 6) is 0.180.